The van der Waals surface area contributed by atoms with Crippen molar-refractivity contribution in [3.63, 3.8) is 0 Å². The van der Waals surface area contributed by atoms with E-state index in [4.69, 9.17) is 79.1 Å². The predicted octanol–water partition coefficient (Wildman–Crippen LogP) is 7.18. The summed E-state index contributed by atoms with van der Waals surface area (Å²) in [5.41, 5.74) is 0.459. The second-order valence-electron chi connectivity index (χ2n) is 5.03. The zero-order valence-electron chi connectivity index (χ0n) is 12.5. The van der Waals surface area contributed by atoms with Crippen molar-refractivity contribution in [2.45, 2.75) is 68.3 Å². The molecule has 0 aliphatic rings. The van der Waals surface area contributed by atoms with Crippen molar-refractivity contribution in [2.75, 3.05) is 5.88 Å². The van der Waals surface area contributed by atoms with Crippen molar-refractivity contribution in [1.82, 2.24) is 0 Å². The molecule has 0 aliphatic heterocycles. The van der Waals surface area contributed by atoms with Gasteiger partial charge in [0.15, 0.2) is 0 Å². The molecule has 0 spiro atoms. The second-order valence-corrected chi connectivity index (χ2v) is 17.2. The molecule has 0 amide bonds. The lowest BCUT2D eigenvalue weighted by Crippen LogP contribution is -2.10. The summed E-state index contributed by atoms with van der Waals surface area (Å²) in [7, 11) is -2.90. The summed E-state index contributed by atoms with van der Waals surface area (Å²) >= 11 is 40.2. The average molecular weight is 474 g/mol. The van der Waals surface area contributed by atoms with Crippen LogP contribution >= 0.6 is 79.1 Å². The summed E-state index contributed by atoms with van der Waals surface area (Å²) in [6.07, 6.45) is 5.03. The second kappa shape index (κ2) is 17.3. The highest BCUT2D eigenvalue weighted by atomic mass is 35.7. The fraction of sp³-hybridized carbons (Fsp3) is 1.00. The molecular formula is C12H25Cl7Si2. The minimum atomic E-state index is -1.58. The molecule has 0 heterocycles. The Kier molecular flexibility index (Phi) is 21.2. The van der Waals surface area contributed by atoms with Crippen LogP contribution in [0.25, 0.3) is 0 Å². The molecule has 0 aliphatic carbocycles. The standard InChI is InChI=1S/C9H18Cl4Si.C3H7Cl3Si/c1-7(10)3-5-9(14(12)13)6-4-8(2)11;4-2-1-3-7(5)6/h7-9,14H,3-6H2,1-2H3;7H,1-3H2. The van der Waals surface area contributed by atoms with Crippen LogP contribution in [-0.4, -0.2) is 31.5 Å². The number of hydrogen-bond donors (Lipinski definition) is 0. The molecular weight excluding hydrogens is 448 g/mol. The highest BCUT2D eigenvalue weighted by molar-refractivity contribution is 7.34. The van der Waals surface area contributed by atoms with Gasteiger partial charge in [-0.3, -0.25) is 0 Å². The Morgan fingerprint density at radius 3 is 1.43 bits per heavy atom. The van der Waals surface area contributed by atoms with Crippen molar-refractivity contribution in [1.29, 1.82) is 0 Å². The van der Waals surface area contributed by atoms with Gasteiger partial charge in [0.05, 0.1) is 0 Å². The van der Waals surface area contributed by atoms with Crippen molar-refractivity contribution in [3.8, 4) is 0 Å². The van der Waals surface area contributed by atoms with Gasteiger partial charge in [0.1, 0.15) is 0 Å². The quantitative estimate of drug-likeness (QED) is 0.179. The van der Waals surface area contributed by atoms with E-state index in [1.807, 2.05) is 13.8 Å². The molecule has 0 N–H and O–H groups in total. The Morgan fingerprint density at radius 1 is 0.810 bits per heavy atom. The Hall–Kier alpha value is 2.46. The highest BCUT2D eigenvalue weighted by Crippen LogP contribution is 2.30. The lowest BCUT2D eigenvalue weighted by Gasteiger charge is -2.17. The van der Waals surface area contributed by atoms with E-state index in [0.717, 1.165) is 38.1 Å². The van der Waals surface area contributed by atoms with Gasteiger partial charge < -0.3 is 0 Å². The molecule has 2 atom stereocenters. The lowest BCUT2D eigenvalue weighted by molar-refractivity contribution is 0.603. The van der Waals surface area contributed by atoms with Crippen LogP contribution in [0.1, 0.15) is 46.0 Å². The summed E-state index contributed by atoms with van der Waals surface area (Å²) in [4.78, 5) is 0. The maximum atomic E-state index is 6.03. The molecule has 0 nitrogen and oxygen atoms in total. The van der Waals surface area contributed by atoms with Crippen LogP contribution in [0.4, 0.5) is 0 Å². The smallest absolute Gasteiger partial charge is 0.150 e. The number of halogens is 7. The third kappa shape index (κ3) is 22.5. The minimum absolute atomic E-state index is 0.215. The van der Waals surface area contributed by atoms with Crippen molar-refractivity contribution < 1.29 is 0 Å². The maximum absolute atomic E-state index is 6.03. The molecule has 0 fully saturated rings. The van der Waals surface area contributed by atoms with Crippen LogP contribution < -0.4 is 0 Å². The Morgan fingerprint density at radius 2 is 1.24 bits per heavy atom. The Bertz CT molecular complexity index is 204. The summed E-state index contributed by atoms with van der Waals surface area (Å²) in [5, 5.41) is 0.430. The van der Waals surface area contributed by atoms with E-state index in [-0.39, 0.29) is 10.8 Å². The van der Waals surface area contributed by atoms with E-state index in [2.05, 4.69) is 0 Å². The zero-order valence-corrected chi connectivity index (χ0v) is 20.1. The Balaban J connectivity index is 0. The first kappa shape index (κ1) is 25.7. The third-order valence-corrected chi connectivity index (χ3v) is 9.16. The van der Waals surface area contributed by atoms with Crippen LogP contribution in [0.3, 0.4) is 0 Å². The first-order valence-corrected chi connectivity index (χ1v) is 17.0. The molecule has 2 unspecified atom stereocenters. The number of alkyl halides is 3. The van der Waals surface area contributed by atoms with E-state index in [1.54, 1.807) is 0 Å². The first-order chi connectivity index (χ1) is 9.70. The van der Waals surface area contributed by atoms with E-state index in [9.17, 15) is 0 Å². The molecule has 21 heavy (non-hydrogen) atoms. The molecule has 0 saturated carbocycles. The van der Waals surface area contributed by atoms with Gasteiger partial charge in [-0.1, -0.05) is 0 Å². The molecule has 130 valence electrons. The van der Waals surface area contributed by atoms with E-state index >= 15 is 0 Å². The zero-order chi connectivity index (χ0) is 16.8. The van der Waals surface area contributed by atoms with E-state index < -0.39 is 14.8 Å². The molecule has 9 heteroatoms. The topological polar surface area (TPSA) is 0 Å². The van der Waals surface area contributed by atoms with Crippen LogP contribution in [0.5, 0.6) is 0 Å². The summed E-state index contributed by atoms with van der Waals surface area (Å²) in [6, 6.07) is 0.937. The van der Waals surface area contributed by atoms with Crippen LogP contribution in [0.2, 0.25) is 11.6 Å². The Labute approximate surface area is 167 Å². The molecule has 0 rings (SSSR count). The molecule has 0 bridgehead atoms. The lowest BCUT2D eigenvalue weighted by atomic mass is 10.1. The summed E-state index contributed by atoms with van der Waals surface area (Å²) in [5.74, 6) is 0.683. The van der Waals surface area contributed by atoms with Gasteiger partial charge in [-0.25, -0.2) is 0 Å². The average Bonchev–Trinajstić information content (AvgIpc) is 2.35. The van der Waals surface area contributed by atoms with Gasteiger partial charge in [0.25, 0.3) is 0 Å². The van der Waals surface area contributed by atoms with Gasteiger partial charge in [-0.05, 0) is 57.5 Å². The first-order valence-electron chi connectivity index (χ1n) is 7.11. The third-order valence-electron chi connectivity index (χ3n) is 2.78. The number of rotatable bonds is 10. The molecule has 0 aromatic carbocycles. The predicted molar refractivity (Wildman–Crippen MR) is 111 cm³/mol. The van der Waals surface area contributed by atoms with Crippen molar-refractivity contribution in [3.05, 3.63) is 0 Å². The van der Waals surface area contributed by atoms with Crippen LogP contribution in [-0.2, 0) is 0 Å². The maximum Gasteiger partial charge on any atom is 0.240 e. The summed E-state index contributed by atoms with van der Waals surface area (Å²) < 4.78 is 0. The minimum Gasteiger partial charge on any atom is -0.150 e. The largest absolute Gasteiger partial charge is 0.240 e. The monoisotopic (exact) mass is 470 g/mol. The van der Waals surface area contributed by atoms with Crippen molar-refractivity contribution >= 4 is 94.0 Å². The van der Waals surface area contributed by atoms with Gasteiger partial charge >= 0.3 is 0 Å². The normalized spacial score (nSPS) is 15.6. The number of hydrogen-bond acceptors (Lipinski definition) is 0. The van der Waals surface area contributed by atoms with Gasteiger partial charge in [0, 0.05) is 16.6 Å². The van der Waals surface area contributed by atoms with Crippen LogP contribution in [0.15, 0.2) is 0 Å². The fourth-order valence-electron chi connectivity index (χ4n) is 1.52. The molecule has 0 radical (unpaired) electrons. The molecule has 0 aromatic heterocycles. The SMILES string of the molecule is CC(Cl)CCC(CCC(C)Cl)[SiH](Cl)Cl.ClCCC[SiH](Cl)Cl. The van der Waals surface area contributed by atoms with Gasteiger partial charge in [-0.2, -0.15) is 44.3 Å². The fourth-order valence-corrected chi connectivity index (χ4v) is 6.02. The van der Waals surface area contributed by atoms with E-state index in [1.165, 1.54) is 0 Å². The van der Waals surface area contributed by atoms with Gasteiger partial charge in [-0.15, -0.1) is 34.8 Å². The van der Waals surface area contributed by atoms with E-state index in [0.29, 0.717) is 11.4 Å². The van der Waals surface area contributed by atoms with Gasteiger partial charge in [0.2, 0.25) is 14.8 Å². The summed E-state index contributed by atoms with van der Waals surface area (Å²) in [6.45, 7) is 4.00. The van der Waals surface area contributed by atoms with Crippen molar-refractivity contribution in [2.24, 2.45) is 0 Å². The molecule has 0 aromatic rings. The highest BCUT2D eigenvalue weighted by Gasteiger charge is 2.20. The molecule has 0 saturated heterocycles. The van der Waals surface area contributed by atoms with Crippen LogP contribution in [0, 0.1) is 0 Å².